The number of hydrogen-bond acceptors (Lipinski definition) is 7. The molecule has 4 amide bonds. The van der Waals surface area contributed by atoms with Gasteiger partial charge >= 0.3 is 11.7 Å². The molecular formula is C35H46N10O4. The average molecular weight is 671 g/mol. The first-order valence-corrected chi connectivity index (χ1v) is 17.4. The second-order valence-corrected chi connectivity index (χ2v) is 14.2. The largest absolute Gasteiger partial charge is 0.341 e. The molecule has 0 bridgehead atoms. The van der Waals surface area contributed by atoms with Crippen molar-refractivity contribution in [3.05, 3.63) is 58.3 Å². The number of piperidine rings is 2. The number of imidazole rings is 1. The molecule has 1 spiro atoms. The maximum absolute atomic E-state index is 14.3. The zero-order chi connectivity index (χ0) is 34.3. The van der Waals surface area contributed by atoms with Gasteiger partial charge in [0, 0.05) is 63.3 Å². The summed E-state index contributed by atoms with van der Waals surface area (Å²) < 4.78 is 1.75. The molecule has 260 valence electrons. The number of benzene rings is 1. The van der Waals surface area contributed by atoms with E-state index in [1.807, 2.05) is 41.8 Å². The summed E-state index contributed by atoms with van der Waals surface area (Å²) in [7, 11) is 1.80. The summed E-state index contributed by atoms with van der Waals surface area (Å²) in [4.78, 5) is 66.4. The van der Waals surface area contributed by atoms with Crippen LogP contribution >= 0.6 is 0 Å². The highest BCUT2D eigenvalue weighted by molar-refractivity contribution is 5.88. The molecule has 3 saturated heterocycles. The summed E-state index contributed by atoms with van der Waals surface area (Å²) in [5, 5.41) is 14.3. The van der Waals surface area contributed by atoms with Crippen molar-refractivity contribution in [1.29, 1.82) is 0 Å². The van der Waals surface area contributed by atoms with Crippen molar-refractivity contribution >= 4 is 39.9 Å². The summed E-state index contributed by atoms with van der Waals surface area (Å²) in [6, 6.07) is 6.49. The number of aromatic nitrogens is 5. The molecule has 2 atom stereocenters. The topological polar surface area (TPSA) is 164 Å². The van der Waals surface area contributed by atoms with E-state index in [1.54, 1.807) is 28.9 Å². The summed E-state index contributed by atoms with van der Waals surface area (Å²) >= 11 is 0. The quantitative estimate of drug-likeness (QED) is 0.234. The second kappa shape index (κ2) is 13.3. The zero-order valence-corrected chi connectivity index (χ0v) is 28.5. The standard InChI is InChI=1S/C35H46N10O4/c1-22-17-24(18-25-20-38-41-29(22)25)19-27(32(47)44-16-10-35(21-44)8-14-42(15-9-35)31(46)23(2)36-3)39-33(48)43-12-6-26(7-13-43)45-28-5-4-11-37-30(28)40-34(45)49/h4-5,11,17-18,20,23,26-27,36H,6-10,12-16,19,21H2,1-3H3,(H,38,41)(H,39,48)(H,37,40,49)/t23-,27+/m0/s1. The molecule has 0 aliphatic carbocycles. The van der Waals surface area contributed by atoms with Crippen LogP contribution in [0.15, 0.2) is 41.5 Å². The van der Waals surface area contributed by atoms with Gasteiger partial charge < -0.3 is 25.3 Å². The van der Waals surface area contributed by atoms with Crippen molar-refractivity contribution in [1.82, 2.24) is 50.1 Å². The first-order valence-electron chi connectivity index (χ1n) is 17.4. The lowest BCUT2D eigenvalue weighted by Gasteiger charge is -2.40. The number of carbonyl (C=O) groups is 3. The average Bonchev–Trinajstić information content (AvgIpc) is 3.84. The number of hydrogen-bond donors (Lipinski definition) is 4. The third-order valence-electron chi connectivity index (χ3n) is 11.1. The number of H-pyrrole nitrogens is 2. The molecule has 7 rings (SSSR count). The number of rotatable bonds is 7. The summed E-state index contributed by atoms with van der Waals surface area (Å²) in [5.41, 5.74) is 4.05. The van der Waals surface area contributed by atoms with Gasteiger partial charge in [0.2, 0.25) is 11.8 Å². The number of nitrogens with one attached hydrogen (secondary N) is 4. The predicted molar refractivity (Wildman–Crippen MR) is 185 cm³/mol. The van der Waals surface area contributed by atoms with Crippen LogP contribution in [0.1, 0.15) is 56.2 Å². The summed E-state index contributed by atoms with van der Waals surface area (Å²) in [6.07, 6.45) is 7.62. The minimum Gasteiger partial charge on any atom is -0.341 e. The van der Waals surface area contributed by atoms with Crippen molar-refractivity contribution in [3.63, 3.8) is 0 Å². The molecule has 6 heterocycles. The first-order chi connectivity index (χ1) is 23.6. The Morgan fingerprint density at radius 2 is 1.76 bits per heavy atom. The van der Waals surface area contributed by atoms with Gasteiger partial charge in [-0.2, -0.15) is 5.10 Å². The molecule has 14 nitrogen and oxygen atoms in total. The molecule has 3 fully saturated rings. The fraction of sp³-hybridized carbons (Fsp3) is 0.543. The minimum atomic E-state index is -0.746. The zero-order valence-electron chi connectivity index (χ0n) is 28.5. The number of aromatic amines is 2. The summed E-state index contributed by atoms with van der Waals surface area (Å²) in [5.74, 6) is 0.0377. The van der Waals surface area contributed by atoms with E-state index in [4.69, 9.17) is 0 Å². The Labute approximate surface area is 284 Å². The van der Waals surface area contributed by atoms with Gasteiger partial charge in [-0.05, 0) is 87.7 Å². The van der Waals surface area contributed by atoms with E-state index in [0.29, 0.717) is 64.2 Å². The molecular weight excluding hydrogens is 624 g/mol. The van der Waals surface area contributed by atoms with Crippen LogP contribution in [0, 0.1) is 12.3 Å². The third kappa shape index (κ3) is 6.41. The molecule has 0 unspecified atom stereocenters. The van der Waals surface area contributed by atoms with Crippen molar-refractivity contribution in [2.75, 3.05) is 46.3 Å². The van der Waals surface area contributed by atoms with Crippen LogP contribution in [0.25, 0.3) is 22.1 Å². The minimum absolute atomic E-state index is 0.0198. The molecule has 0 saturated carbocycles. The lowest BCUT2D eigenvalue weighted by molar-refractivity contribution is -0.136. The van der Waals surface area contributed by atoms with Crippen molar-refractivity contribution in [2.24, 2.45) is 5.41 Å². The van der Waals surface area contributed by atoms with Gasteiger partial charge in [0.15, 0.2) is 5.65 Å². The molecule has 4 N–H and O–H groups in total. The lowest BCUT2D eigenvalue weighted by atomic mass is 9.77. The van der Waals surface area contributed by atoms with E-state index >= 15 is 0 Å². The Kier molecular flexibility index (Phi) is 8.90. The van der Waals surface area contributed by atoms with Crippen LogP contribution in [-0.4, -0.2) is 116 Å². The van der Waals surface area contributed by atoms with Gasteiger partial charge in [-0.15, -0.1) is 0 Å². The number of aryl methyl sites for hydroxylation is 1. The van der Waals surface area contributed by atoms with Crippen LogP contribution in [-0.2, 0) is 16.0 Å². The van der Waals surface area contributed by atoms with E-state index in [1.165, 1.54) is 0 Å². The monoisotopic (exact) mass is 670 g/mol. The lowest BCUT2D eigenvalue weighted by Crippen LogP contribution is -2.54. The van der Waals surface area contributed by atoms with Gasteiger partial charge in [0.1, 0.15) is 6.04 Å². The van der Waals surface area contributed by atoms with Crippen molar-refractivity contribution in [2.45, 2.75) is 70.5 Å². The highest BCUT2D eigenvalue weighted by atomic mass is 16.2. The second-order valence-electron chi connectivity index (χ2n) is 14.2. The highest BCUT2D eigenvalue weighted by Gasteiger charge is 2.44. The molecule has 3 aliphatic rings. The summed E-state index contributed by atoms with van der Waals surface area (Å²) in [6.45, 7) is 7.45. The first kappa shape index (κ1) is 32.8. The van der Waals surface area contributed by atoms with E-state index in [2.05, 4.69) is 36.9 Å². The van der Waals surface area contributed by atoms with E-state index in [0.717, 1.165) is 46.8 Å². The molecule has 3 aromatic heterocycles. The maximum atomic E-state index is 14.3. The Balaban J connectivity index is 1.04. The Morgan fingerprint density at radius 1 is 1.02 bits per heavy atom. The molecule has 14 heteroatoms. The van der Waals surface area contributed by atoms with E-state index < -0.39 is 6.04 Å². The number of likely N-dealkylation sites (N-methyl/N-ethyl adjacent to an activating group) is 1. The number of likely N-dealkylation sites (tertiary alicyclic amines) is 3. The fourth-order valence-corrected chi connectivity index (χ4v) is 8.11. The van der Waals surface area contributed by atoms with Crippen LogP contribution in [0.5, 0.6) is 0 Å². The van der Waals surface area contributed by atoms with Crippen molar-refractivity contribution in [3.8, 4) is 0 Å². The Hall–Kier alpha value is -4.72. The van der Waals surface area contributed by atoms with Crippen molar-refractivity contribution < 1.29 is 14.4 Å². The third-order valence-corrected chi connectivity index (χ3v) is 11.1. The number of nitrogens with zero attached hydrogens (tertiary/aromatic N) is 6. The van der Waals surface area contributed by atoms with E-state index in [-0.39, 0.29) is 41.0 Å². The van der Waals surface area contributed by atoms with Crippen LogP contribution in [0.4, 0.5) is 4.79 Å². The van der Waals surface area contributed by atoms with Gasteiger partial charge in [-0.25, -0.2) is 14.6 Å². The van der Waals surface area contributed by atoms with Gasteiger partial charge in [-0.1, -0.05) is 6.07 Å². The van der Waals surface area contributed by atoms with Gasteiger partial charge in [0.05, 0.1) is 23.3 Å². The number of amides is 4. The molecule has 4 aromatic rings. The molecule has 0 radical (unpaired) electrons. The SMILES string of the molecule is CN[C@@H](C)C(=O)N1CCC2(CC1)CCN(C(=O)[C@@H](Cc1cc(C)c3[nH]ncc3c1)NC(=O)N1CCC(n3c(=O)[nH]c4ncccc43)CC1)C2. The van der Waals surface area contributed by atoms with Crippen LogP contribution in [0.3, 0.4) is 0 Å². The van der Waals surface area contributed by atoms with Gasteiger partial charge in [0.25, 0.3) is 0 Å². The maximum Gasteiger partial charge on any atom is 0.327 e. The van der Waals surface area contributed by atoms with Crippen LogP contribution in [0.2, 0.25) is 0 Å². The predicted octanol–water partition coefficient (Wildman–Crippen LogP) is 2.32. The molecule has 1 aromatic carbocycles. The number of pyridine rings is 1. The highest BCUT2D eigenvalue weighted by Crippen LogP contribution is 2.41. The normalized spacial score (nSPS) is 19.5. The van der Waals surface area contributed by atoms with E-state index in [9.17, 15) is 19.2 Å². The number of fused-ring (bicyclic) bond motifs is 2. The number of urea groups is 1. The fourth-order valence-electron chi connectivity index (χ4n) is 8.11. The van der Waals surface area contributed by atoms with Gasteiger partial charge in [-0.3, -0.25) is 24.2 Å². The number of carbonyl (C=O) groups excluding carboxylic acids is 3. The Morgan fingerprint density at radius 3 is 2.49 bits per heavy atom. The van der Waals surface area contributed by atoms with Crippen LogP contribution < -0.4 is 16.3 Å². The Bertz CT molecular complexity index is 1910. The smallest absolute Gasteiger partial charge is 0.327 e. The molecule has 3 aliphatic heterocycles. The molecule has 49 heavy (non-hydrogen) atoms.